The van der Waals surface area contributed by atoms with Gasteiger partial charge < -0.3 is 10.4 Å². The quantitative estimate of drug-likeness (QED) is 0.577. The van der Waals surface area contributed by atoms with Crippen molar-refractivity contribution in [1.29, 1.82) is 0 Å². The summed E-state index contributed by atoms with van der Waals surface area (Å²) in [7, 11) is -2.66. The zero-order valence-corrected chi connectivity index (χ0v) is 17.9. The van der Waals surface area contributed by atoms with E-state index in [0.717, 1.165) is 16.4 Å². The van der Waals surface area contributed by atoms with E-state index in [-0.39, 0.29) is 17.1 Å². The third kappa shape index (κ3) is 5.05. The Bertz CT molecular complexity index is 1120. The van der Waals surface area contributed by atoms with Gasteiger partial charge in [0.05, 0.1) is 11.1 Å². The van der Waals surface area contributed by atoms with E-state index < -0.39 is 40.0 Å². The summed E-state index contributed by atoms with van der Waals surface area (Å²) in [4.78, 5) is 24.7. The second kappa shape index (κ2) is 8.82. The van der Waals surface area contributed by atoms with Gasteiger partial charge >= 0.3 is 5.97 Å². The normalized spacial score (nSPS) is 21.6. The lowest BCUT2D eigenvalue weighted by molar-refractivity contribution is -0.131. The van der Waals surface area contributed by atoms with Crippen LogP contribution in [0.5, 0.6) is 0 Å². The lowest BCUT2D eigenvalue weighted by Gasteiger charge is -2.35. The Balaban J connectivity index is 1.81. The molecule has 1 aromatic carbocycles. The van der Waals surface area contributed by atoms with Gasteiger partial charge in [-0.05, 0) is 42.8 Å². The number of benzene rings is 1. The fraction of sp³-hybridized carbons (Fsp3) is 0.222. The van der Waals surface area contributed by atoms with Crippen molar-refractivity contribution >= 4 is 56.8 Å². The smallest absolute Gasteiger partial charge is 0.328 e. The van der Waals surface area contributed by atoms with E-state index in [2.05, 4.69) is 10.0 Å². The average Bonchev–Trinajstić information content (AvgIpc) is 3.14. The summed E-state index contributed by atoms with van der Waals surface area (Å²) in [6.45, 7) is 0. The SMILES string of the molecule is CN1C(C(=O)Nc2ccc(F)c(Cl)c2)CC(c2ccc(/C=C/C(=O)O)s2)NS1(=O)=O. The van der Waals surface area contributed by atoms with Crippen molar-refractivity contribution in [3.05, 3.63) is 57.0 Å². The number of rotatable bonds is 5. The number of amides is 1. The van der Waals surface area contributed by atoms with Crippen LogP contribution in [0.3, 0.4) is 0 Å². The van der Waals surface area contributed by atoms with Crippen molar-refractivity contribution in [3.8, 4) is 0 Å². The third-order valence-corrected chi connectivity index (χ3v) is 7.49. The topological polar surface area (TPSA) is 116 Å². The molecule has 0 bridgehead atoms. The molecule has 1 saturated heterocycles. The molecule has 0 radical (unpaired) electrons. The summed E-state index contributed by atoms with van der Waals surface area (Å²) in [6.07, 6.45) is 2.53. The number of carbonyl (C=O) groups is 2. The molecule has 1 fully saturated rings. The number of aliphatic carboxylic acids is 1. The van der Waals surface area contributed by atoms with Gasteiger partial charge in [-0.25, -0.2) is 9.18 Å². The summed E-state index contributed by atoms with van der Waals surface area (Å²) < 4.78 is 41.8. The standard InChI is InChI=1S/C18H17ClFN3O5S2/c1-23-15(18(26)21-10-2-5-13(20)12(19)8-10)9-14(22-30(23,27)28)16-6-3-11(29-16)4-7-17(24)25/h2-8,14-15,22H,9H2,1H3,(H,21,26)(H,24,25)/b7-4+. The predicted octanol–water partition coefficient (Wildman–Crippen LogP) is 2.86. The number of likely N-dealkylation sites (N-methyl/N-ethyl adjacent to an activating group) is 1. The number of thiophene rings is 1. The van der Waals surface area contributed by atoms with Crippen LogP contribution in [0.1, 0.15) is 22.2 Å². The van der Waals surface area contributed by atoms with Gasteiger partial charge in [0.25, 0.3) is 10.2 Å². The summed E-state index contributed by atoms with van der Waals surface area (Å²) in [5.41, 5.74) is 0.240. The summed E-state index contributed by atoms with van der Waals surface area (Å²) >= 11 is 6.94. The molecule has 30 heavy (non-hydrogen) atoms. The van der Waals surface area contributed by atoms with Gasteiger partial charge in [0.15, 0.2) is 0 Å². The number of nitrogens with zero attached hydrogens (tertiary/aromatic N) is 1. The summed E-state index contributed by atoms with van der Waals surface area (Å²) in [5, 5.41) is 11.1. The monoisotopic (exact) mass is 473 g/mol. The number of hydrogen-bond donors (Lipinski definition) is 3. The molecular weight excluding hydrogens is 457 g/mol. The first kappa shape index (κ1) is 22.4. The van der Waals surface area contributed by atoms with Crippen LogP contribution >= 0.6 is 22.9 Å². The molecule has 0 aliphatic carbocycles. The van der Waals surface area contributed by atoms with Gasteiger partial charge in [-0.2, -0.15) is 17.4 Å². The minimum Gasteiger partial charge on any atom is -0.478 e. The molecule has 8 nitrogen and oxygen atoms in total. The largest absolute Gasteiger partial charge is 0.478 e. The Kier molecular flexibility index (Phi) is 6.58. The van der Waals surface area contributed by atoms with Crippen LogP contribution in [0.2, 0.25) is 5.02 Å². The van der Waals surface area contributed by atoms with Gasteiger partial charge in [0, 0.05) is 28.6 Å². The van der Waals surface area contributed by atoms with Crippen molar-refractivity contribution in [2.75, 3.05) is 12.4 Å². The second-order valence-electron chi connectivity index (χ2n) is 6.47. The first-order valence-electron chi connectivity index (χ1n) is 8.59. The van der Waals surface area contributed by atoms with Crippen molar-refractivity contribution in [3.63, 3.8) is 0 Å². The van der Waals surface area contributed by atoms with Crippen LogP contribution in [-0.2, 0) is 19.8 Å². The zero-order valence-electron chi connectivity index (χ0n) is 15.5. The molecule has 1 aliphatic rings. The van der Waals surface area contributed by atoms with Crippen molar-refractivity contribution in [1.82, 2.24) is 9.03 Å². The maximum absolute atomic E-state index is 13.3. The van der Waals surface area contributed by atoms with Crippen LogP contribution in [0.15, 0.2) is 36.4 Å². The number of hydrogen-bond acceptors (Lipinski definition) is 5. The number of carboxylic acid groups (broad SMARTS) is 1. The molecule has 3 N–H and O–H groups in total. The van der Waals surface area contributed by atoms with Crippen molar-refractivity contribution in [2.45, 2.75) is 18.5 Å². The number of nitrogens with one attached hydrogen (secondary N) is 2. The lowest BCUT2D eigenvalue weighted by atomic mass is 10.1. The third-order valence-electron chi connectivity index (χ3n) is 4.44. The average molecular weight is 474 g/mol. The van der Waals surface area contributed by atoms with E-state index in [0.29, 0.717) is 9.75 Å². The van der Waals surface area contributed by atoms with Gasteiger partial charge in [-0.3, -0.25) is 4.79 Å². The molecule has 160 valence electrons. The van der Waals surface area contributed by atoms with Crippen LogP contribution in [0.25, 0.3) is 6.08 Å². The van der Waals surface area contributed by atoms with Gasteiger partial charge in [0.2, 0.25) is 5.91 Å². The Morgan fingerprint density at radius 1 is 1.37 bits per heavy atom. The lowest BCUT2D eigenvalue weighted by Crippen LogP contribution is -2.55. The molecule has 1 aliphatic heterocycles. The molecule has 12 heteroatoms. The maximum Gasteiger partial charge on any atom is 0.328 e. The molecule has 2 heterocycles. The highest BCUT2D eigenvalue weighted by Crippen LogP contribution is 2.33. The van der Waals surface area contributed by atoms with E-state index in [9.17, 15) is 22.4 Å². The minimum atomic E-state index is -3.95. The maximum atomic E-state index is 13.3. The highest BCUT2D eigenvalue weighted by molar-refractivity contribution is 7.87. The number of carboxylic acids is 1. The molecule has 1 amide bonds. The molecular formula is C18H17ClFN3O5S2. The van der Waals surface area contributed by atoms with E-state index in [1.165, 1.54) is 36.6 Å². The second-order valence-corrected chi connectivity index (χ2v) is 9.79. The van der Waals surface area contributed by atoms with E-state index in [4.69, 9.17) is 16.7 Å². The first-order valence-corrected chi connectivity index (χ1v) is 11.2. The molecule has 2 unspecified atom stereocenters. The van der Waals surface area contributed by atoms with Crippen LogP contribution in [-0.4, -0.2) is 42.8 Å². The molecule has 3 rings (SSSR count). The number of carbonyl (C=O) groups excluding carboxylic acids is 1. The Hall–Kier alpha value is -2.31. The van der Waals surface area contributed by atoms with Gasteiger partial charge in [-0.1, -0.05) is 11.6 Å². The minimum absolute atomic E-state index is 0.138. The Labute approximate surface area is 181 Å². The fourth-order valence-electron chi connectivity index (χ4n) is 2.89. The Morgan fingerprint density at radius 2 is 2.10 bits per heavy atom. The van der Waals surface area contributed by atoms with Crippen LogP contribution < -0.4 is 10.0 Å². The number of anilines is 1. The predicted molar refractivity (Wildman–Crippen MR) is 112 cm³/mol. The van der Waals surface area contributed by atoms with E-state index in [1.807, 2.05) is 0 Å². The highest BCUT2D eigenvalue weighted by Gasteiger charge is 2.41. The molecule has 0 spiro atoms. The highest BCUT2D eigenvalue weighted by atomic mass is 35.5. The van der Waals surface area contributed by atoms with Crippen LogP contribution in [0, 0.1) is 5.82 Å². The van der Waals surface area contributed by atoms with E-state index >= 15 is 0 Å². The zero-order chi connectivity index (χ0) is 22.1. The summed E-state index contributed by atoms with van der Waals surface area (Å²) in [6, 6.07) is 5.32. The summed E-state index contributed by atoms with van der Waals surface area (Å²) in [5.74, 6) is -2.32. The molecule has 2 atom stereocenters. The Morgan fingerprint density at radius 3 is 2.77 bits per heavy atom. The molecule has 1 aromatic heterocycles. The number of halogens is 2. The van der Waals surface area contributed by atoms with Crippen molar-refractivity contribution < 1.29 is 27.5 Å². The van der Waals surface area contributed by atoms with E-state index in [1.54, 1.807) is 12.1 Å². The molecule has 2 aromatic rings. The first-order chi connectivity index (χ1) is 14.1. The molecule has 0 saturated carbocycles. The van der Waals surface area contributed by atoms with Crippen LogP contribution in [0.4, 0.5) is 10.1 Å². The van der Waals surface area contributed by atoms with Gasteiger partial charge in [-0.15, -0.1) is 11.3 Å². The fourth-order valence-corrected chi connectivity index (χ4v) is 5.39. The van der Waals surface area contributed by atoms with Gasteiger partial charge in [0.1, 0.15) is 11.9 Å². The van der Waals surface area contributed by atoms with Crippen molar-refractivity contribution in [2.24, 2.45) is 0 Å².